The topological polar surface area (TPSA) is 92.7 Å². The van der Waals surface area contributed by atoms with Crippen molar-refractivity contribution >= 4 is 5.91 Å². The number of primary amides is 1. The first-order chi connectivity index (χ1) is 8.24. The molecule has 2 rings (SSSR count). The number of nitrogens with zero attached hydrogens (tertiary/aromatic N) is 3. The molecular formula is C12H10N4O. The average molecular weight is 226 g/mol. The molecule has 0 aliphatic heterocycles. The maximum atomic E-state index is 10.4. The molecule has 0 bridgehead atoms. The molecule has 0 aliphatic rings. The first-order valence-electron chi connectivity index (χ1n) is 4.74. The second-order valence-electron chi connectivity index (χ2n) is 2.96. The van der Waals surface area contributed by atoms with Crippen LogP contribution in [0.1, 0.15) is 15.9 Å². The fourth-order valence-corrected chi connectivity index (χ4v) is 0.937. The summed E-state index contributed by atoms with van der Waals surface area (Å²) in [7, 11) is 0. The summed E-state index contributed by atoms with van der Waals surface area (Å²) in [5, 5.41) is 8.25. The number of aromatic nitrogens is 2. The summed E-state index contributed by atoms with van der Waals surface area (Å²) in [6.45, 7) is 0. The van der Waals surface area contributed by atoms with E-state index in [1.54, 1.807) is 36.7 Å². The van der Waals surface area contributed by atoms with Gasteiger partial charge in [0.05, 0.1) is 11.1 Å². The van der Waals surface area contributed by atoms with E-state index in [9.17, 15) is 4.79 Å². The fraction of sp³-hybridized carbons (Fsp3) is 0. The highest BCUT2D eigenvalue weighted by Crippen LogP contribution is 1.91. The van der Waals surface area contributed by atoms with Crippen LogP contribution in [-0.2, 0) is 0 Å². The molecule has 1 amide bonds. The van der Waals surface area contributed by atoms with E-state index >= 15 is 0 Å². The maximum absolute atomic E-state index is 10.4. The van der Waals surface area contributed by atoms with E-state index in [1.165, 1.54) is 12.4 Å². The maximum Gasteiger partial charge on any atom is 0.250 e. The van der Waals surface area contributed by atoms with E-state index in [-0.39, 0.29) is 0 Å². The van der Waals surface area contributed by atoms with E-state index in [4.69, 9.17) is 11.0 Å². The van der Waals surface area contributed by atoms with E-state index in [1.807, 2.05) is 6.07 Å². The Balaban J connectivity index is 0.000000171. The van der Waals surface area contributed by atoms with Crippen molar-refractivity contribution < 1.29 is 4.79 Å². The standard InChI is InChI=1S/C6H6N2O.C6H4N2/c7-6(9)5-2-1-3-8-4-5;7-4-6-2-1-3-8-5-6/h1-4H,(H2,7,9);1-3,5H. The Morgan fingerprint density at radius 1 is 1.18 bits per heavy atom. The normalized spacial score (nSPS) is 8.41. The van der Waals surface area contributed by atoms with Crippen molar-refractivity contribution in [3.8, 4) is 6.07 Å². The van der Waals surface area contributed by atoms with E-state index in [2.05, 4.69) is 9.97 Å². The van der Waals surface area contributed by atoms with Crippen LogP contribution < -0.4 is 5.73 Å². The van der Waals surface area contributed by atoms with Gasteiger partial charge in [-0.15, -0.1) is 0 Å². The molecule has 0 saturated carbocycles. The summed E-state index contributed by atoms with van der Waals surface area (Å²) in [6.07, 6.45) is 6.19. The number of nitrogens with two attached hydrogens (primary N) is 1. The van der Waals surface area contributed by atoms with Crippen molar-refractivity contribution in [1.29, 1.82) is 5.26 Å². The van der Waals surface area contributed by atoms with Gasteiger partial charge < -0.3 is 5.73 Å². The second-order valence-corrected chi connectivity index (χ2v) is 2.96. The highest BCUT2D eigenvalue weighted by Gasteiger charge is 1.94. The van der Waals surface area contributed by atoms with Crippen molar-refractivity contribution in [1.82, 2.24) is 9.97 Å². The number of nitriles is 1. The summed E-state index contributed by atoms with van der Waals surface area (Å²) in [5.41, 5.74) is 5.98. The van der Waals surface area contributed by atoms with Gasteiger partial charge in [0, 0.05) is 24.8 Å². The van der Waals surface area contributed by atoms with Crippen LogP contribution >= 0.6 is 0 Å². The molecule has 84 valence electrons. The van der Waals surface area contributed by atoms with Crippen LogP contribution in [0.4, 0.5) is 0 Å². The Morgan fingerprint density at radius 2 is 1.82 bits per heavy atom. The smallest absolute Gasteiger partial charge is 0.250 e. The molecule has 2 heterocycles. The Bertz CT molecular complexity index is 505. The number of hydrogen-bond acceptors (Lipinski definition) is 4. The van der Waals surface area contributed by atoms with Crippen LogP contribution in [0.25, 0.3) is 0 Å². The average Bonchev–Trinajstić information content (AvgIpc) is 2.41. The summed E-state index contributed by atoms with van der Waals surface area (Å²) in [4.78, 5) is 17.8. The molecule has 2 aromatic heterocycles. The van der Waals surface area contributed by atoms with Crippen LogP contribution in [0.15, 0.2) is 49.1 Å². The van der Waals surface area contributed by atoms with Gasteiger partial charge in [0.2, 0.25) is 5.91 Å². The Morgan fingerprint density at radius 3 is 2.12 bits per heavy atom. The Kier molecular flexibility index (Phi) is 4.85. The van der Waals surface area contributed by atoms with Crippen molar-refractivity contribution in [2.75, 3.05) is 0 Å². The van der Waals surface area contributed by atoms with Gasteiger partial charge in [-0.1, -0.05) is 0 Å². The Hall–Kier alpha value is -2.74. The molecule has 0 atom stereocenters. The third-order valence-electron chi connectivity index (χ3n) is 1.74. The van der Waals surface area contributed by atoms with Crippen molar-refractivity contribution in [3.63, 3.8) is 0 Å². The molecule has 0 spiro atoms. The fourth-order valence-electron chi connectivity index (χ4n) is 0.937. The van der Waals surface area contributed by atoms with Crippen molar-refractivity contribution in [3.05, 3.63) is 60.2 Å². The lowest BCUT2D eigenvalue weighted by Crippen LogP contribution is -2.10. The lowest BCUT2D eigenvalue weighted by atomic mass is 10.3. The minimum absolute atomic E-state index is 0.442. The number of amides is 1. The molecule has 0 radical (unpaired) electrons. The predicted molar refractivity (Wildman–Crippen MR) is 61.7 cm³/mol. The van der Waals surface area contributed by atoms with Gasteiger partial charge in [0.25, 0.3) is 0 Å². The van der Waals surface area contributed by atoms with E-state index in [0.717, 1.165) is 0 Å². The second kappa shape index (κ2) is 6.69. The molecule has 0 aromatic carbocycles. The summed E-state index contributed by atoms with van der Waals surface area (Å²) < 4.78 is 0. The van der Waals surface area contributed by atoms with Gasteiger partial charge in [-0.2, -0.15) is 5.26 Å². The predicted octanol–water partition coefficient (Wildman–Crippen LogP) is 1.13. The molecule has 2 N–H and O–H groups in total. The minimum atomic E-state index is -0.442. The van der Waals surface area contributed by atoms with E-state index in [0.29, 0.717) is 11.1 Å². The van der Waals surface area contributed by atoms with Gasteiger partial charge in [0.1, 0.15) is 6.07 Å². The molecule has 2 aromatic rings. The number of carbonyl (C=O) groups is 1. The molecule has 5 heteroatoms. The lowest BCUT2D eigenvalue weighted by molar-refractivity contribution is 0.1000. The molecule has 0 fully saturated rings. The Labute approximate surface area is 98.6 Å². The van der Waals surface area contributed by atoms with Gasteiger partial charge in [0.15, 0.2) is 0 Å². The highest BCUT2D eigenvalue weighted by atomic mass is 16.1. The number of rotatable bonds is 1. The molecule has 0 aliphatic carbocycles. The highest BCUT2D eigenvalue weighted by molar-refractivity contribution is 5.92. The van der Waals surface area contributed by atoms with Crippen LogP contribution in [0.2, 0.25) is 0 Å². The summed E-state index contributed by atoms with van der Waals surface area (Å²) in [6, 6.07) is 8.70. The largest absolute Gasteiger partial charge is 0.366 e. The van der Waals surface area contributed by atoms with Crippen LogP contribution in [0.5, 0.6) is 0 Å². The quantitative estimate of drug-likeness (QED) is 0.788. The van der Waals surface area contributed by atoms with Crippen LogP contribution in [-0.4, -0.2) is 15.9 Å². The monoisotopic (exact) mass is 226 g/mol. The molecule has 5 nitrogen and oxygen atoms in total. The van der Waals surface area contributed by atoms with Gasteiger partial charge in [-0.05, 0) is 24.3 Å². The zero-order chi connectivity index (χ0) is 12.5. The third kappa shape index (κ3) is 4.53. The minimum Gasteiger partial charge on any atom is -0.366 e. The third-order valence-corrected chi connectivity index (χ3v) is 1.74. The van der Waals surface area contributed by atoms with Crippen LogP contribution in [0, 0.1) is 11.3 Å². The molecular weight excluding hydrogens is 216 g/mol. The van der Waals surface area contributed by atoms with Crippen LogP contribution in [0.3, 0.4) is 0 Å². The van der Waals surface area contributed by atoms with Gasteiger partial charge >= 0.3 is 0 Å². The van der Waals surface area contributed by atoms with Crippen molar-refractivity contribution in [2.45, 2.75) is 0 Å². The lowest BCUT2D eigenvalue weighted by Gasteiger charge is -1.88. The molecule has 17 heavy (non-hydrogen) atoms. The summed E-state index contributed by atoms with van der Waals surface area (Å²) >= 11 is 0. The number of hydrogen-bond donors (Lipinski definition) is 1. The van der Waals surface area contributed by atoms with Gasteiger partial charge in [-0.3, -0.25) is 14.8 Å². The first-order valence-corrected chi connectivity index (χ1v) is 4.74. The number of carbonyl (C=O) groups excluding carboxylic acids is 1. The number of pyridine rings is 2. The van der Waals surface area contributed by atoms with E-state index < -0.39 is 5.91 Å². The first kappa shape index (κ1) is 12.3. The van der Waals surface area contributed by atoms with Gasteiger partial charge in [-0.25, -0.2) is 0 Å². The van der Waals surface area contributed by atoms with Crippen molar-refractivity contribution in [2.24, 2.45) is 5.73 Å². The zero-order valence-electron chi connectivity index (χ0n) is 8.95. The molecule has 0 saturated heterocycles. The SMILES string of the molecule is N#Cc1cccnc1.NC(=O)c1cccnc1. The zero-order valence-corrected chi connectivity index (χ0v) is 8.95. The summed E-state index contributed by atoms with van der Waals surface area (Å²) in [5.74, 6) is -0.442. The molecule has 0 unspecified atom stereocenters.